The molecule has 0 spiro atoms. The summed E-state index contributed by atoms with van der Waals surface area (Å²) in [5.74, 6) is 0.133. The molecule has 0 atom stereocenters. The predicted molar refractivity (Wildman–Crippen MR) is 58.5 cm³/mol. The first-order chi connectivity index (χ1) is 6.13. The van der Waals surface area contributed by atoms with Crippen LogP contribution in [0.5, 0.6) is 0 Å². The quantitative estimate of drug-likeness (QED) is 0.763. The fraction of sp³-hybridized carbons (Fsp3) is 0.300. The van der Waals surface area contributed by atoms with Crippen LogP contribution in [-0.4, -0.2) is 5.78 Å². The van der Waals surface area contributed by atoms with Gasteiger partial charge in [0, 0.05) is 16.8 Å². The molecule has 0 aliphatic carbocycles. The minimum absolute atomic E-state index is 0.133. The lowest BCUT2D eigenvalue weighted by molar-refractivity contribution is -0.116. The highest BCUT2D eigenvalue weighted by Crippen LogP contribution is 2.19. The number of alkyl halides is 1. The maximum Gasteiger partial charge on any atom is 0.134 e. The van der Waals surface area contributed by atoms with E-state index in [4.69, 9.17) is 11.6 Å². The van der Waals surface area contributed by atoms with Crippen molar-refractivity contribution in [1.29, 1.82) is 0 Å². The zero-order valence-electron chi connectivity index (χ0n) is 7.31. The maximum absolute atomic E-state index is 10.9. The van der Waals surface area contributed by atoms with Gasteiger partial charge in [-0.05, 0) is 24.1 Å². The average molecular weight is 262 g/mol. The Hall–Kier alpha value is -0.340. The van der Waals surface area contributed by atoms with Crippen molar-refractivity contribution in [2.45, 2.75) is 18.7 Å². The van der Waals surface area contributed by atoms with Gasteiger partial charge in [-0.1, -0.05) is 39.7 Å². The number of Topliss-reactive ketones (excluding diaryl/α,β-unsaturated/α-hetero) is 1. The van der Waals surface area contributed by atoms with E-state index in [1.165, 1.54) is 0 Å². The molecule has 1 aromatic carbocycles. The second kappa shape index (κ2) is 4.77. The van der Waals surface area contributed by atoms with E-state index in [2.05, 4.69) is 15.9 Å². The highest BCUT2D eigenvalue weighted by Gasteiger charge is 2.03. The number of halogens is 2. The first kappa shape index (κ1) is 10.7. The average Bonchev–Trinajstić information content (AvgIpc) is 2.08. The first-order valence-corrected chi connectivity index (χ1v) is 5.46. The van der Waals surface area contributed by atoms with Crippen molar-refractivity contribution in [3.63, 3.8) is 0 Å². The Labute approximate surface area is 91.2 Å². The van der Waals surface area contributed by atoms with Gasteiger partial charge >= 0.3 is 0 Å². The van der Waals surface area contributed by atoms with Crippen LogP contribution in [0.15, 0.2) is 18.2 Å². The van der Waals surface area contributed by atoms with E-state index in [-0.39, 0.29) is 5.78 Å². The molecule has 1 aromatic rings. The fourth-order valence-corrected chi connectivity index (χ4v) is 1.65. The van der Waals surface area contributed by atoms with Crippen LogP contribution >= 0.6 is 27.5 Å². The van der Waals surface area contributed by atoms with Crippen molar-refractivity contribution >= 4 is 33.3 Å². The molecule has 3 heteroatoms. The van der Waals surface area contributed by atoms with Gasteiger partial charge in [0.05, 0.1) is 0 Å². The lowest BCUT2D eigenvalue weighted by Gasteiger charge is -2.03. The van der Waals surface area contributed by atoms with Crippen molar-refractivity contribution < 1.29 is 4.79 Å². The zero-order valence-corrected chi connectivity index (χ0v) is 9.65. The maximum atomic E-state index is 10.9. The summed E-state index contributed by atoms with van der Waals surface area (Å²) < 4.78 is 0. The zero-order chi connectivity index (χ0) is 9.84. The molecule has 13 heavy (non-hydrogen) atoms. The van der Waals surface area contributed by atoms with E-state index in [9.17, 15) is 4.79 Å². The Balaban J connectivity index is 2.96. The molecule has 70 valence electrons. The smallest absolute Gasteiger partial charge is 0.134 e. The van der Waals surface area contributed by atoms with Gasteiger partial charge in [-0.25, -0.2) is 0 Å². The Kier molecular flexibility index (Phi) is 3.94. The topological polar surface area (TPSA) is 17.1 Å². The van der Waals surface area contributed by atoms with Gasteiger partial charge in [0.15, 0.2) is 0 Å². The Morgan fingerprint density at radius 3 is 2.77 bits per heavy atom. The normalized spacial score (nSPS) is 10.1. The minimum atomic E-state index is 0.133. The molecule has 0 unspecified atom stereocenters. The number of hydrogen-bond acceptors (Lipinski definition) is 1. The summed E-state index contributed by atoms with van der Waals surface area (Å²) in [6.07, 6.45) is 0.416. The Morgan fingerprint density at radius 1 is 1.54 bits per heavy atom. The number of carbonyl (C=O) groups is 1. The molecule has 0 aromatic heterocycles. The number of ketones is 1. The molecule has 0 aliphatic heterocycles. The van der Waals surface area contributed by atoms with Crippen molar-refractivity contribution in [1.82, 2.24) is 0 Å². The molecule has 0 N–H and O–H groups in total. The Morgan fingerprint density at radius 2 is 2.23 bits per heavy atom. The second-order valence-corrected chi connectivity index (χ2v) is 3.91. The Bertz CT molecular complexity index is 323. The first-order valence-electron chi connectivity index (χ1n) is 3.96. The van der Waals surface area contributed by atoms with Crippen LogP contribution < -0.4 is 0 Å². The molecular formula is C10H10BrClO. The minimum Gasteiger partial charge on any atom is -0.300 e. The van der Waals surface area contributed by atoms with Crippen LogP contribution in [0.4, 0.5) is 0 Å². The number of benzene rings is 1. The van der Waals surface area contributed by atoms with E-state index in [0.717, 1.165) is 16.5 Å². The summed E-state index contributed by atoms with van der Waals surface area (Å²) in [6, 6.07) is 5.73. The van der Waals surface area contributed by atoms with Crippen LogP contribution in [0.1, 0.15) is 18.1 Å². The van der Waals surface area contributed by atoms with Gasteiger partial charge in [0.25, 0.3) is 0 Å². The molecule has 1 rings (SSSR count). The van der Waals surface area contributed by atoms with Crippen molar-refractivity contribution in [3.8, 4) is 0 Å². The summed E-state index contributed by atoms with van der Waals surface area (Å²) >= 11 is 9.28. The molecule has 0 aliphatic rings. The fourth-order valence-electron chi connectivity index (χ4n) is 1.11. The van der Waals surface area contributed by atoms with Crippen LogP contribution in [0.3, 0.4) is 0 Å². The van der Waals surface area contributed by atoms with Crippen LogP contribution in [0.2, 0.25) is 5.02 Å². The van der Waals surface area contributed by atoms with Gasteiger partial charge in [0.1, 0.15) is 5.78 Å². The van der Waals surface area contributed by atoms with Crippen molar-refractivity contribution in [3.05, 3.63) is 34.3 Å². The van der Waals surface area contributed by atoms with Gasteiger partial charge in [0.2, 0.25) is 0 Å². The highest BCUT2D eigenvalue weighted by atomic mass is 79.9. The third-order valence-corrected chi connectivity index (χ3v) is 2.72. The SMILES string of the molecule is CC(=O)Cc1cc(CBr)ccc1Cl. The summed E-state index contributed by atoms with van der Waals surface area (Å²) in [4.78, 5) is 10.9. The van der Waals surface area contributed by atoms with Gasteiger partial charge < -0.3 is 0 Å². The van der Waals surface area contributed by atoms with E-state index in [0.29, 0.717) is 11.4 Å². The molecule has 0 fully saturated rings. The van der Waals surface area contributed by atoms with E-state index >= 15 is 0 Å². The van der Waals surface area contributed by atoms with Gasteiger partial charge in [-0.15, -0.1) is 0 Å². The number of rotatable bonds is 3. The summed E-state index contributed by atoms with van der Waals surface area (Å²) in [5.41, 5.74) is 2.05. The second-order valence-electron chi connectivity index (χ2n) is 2.94. The predicted octanol–water partition coefficient (Wildman–Crippen LogP) is 3.37. The van der Waals surface area contributed by atoms with Gasteiger partial charge in [-0.3, -0.25) is 4.79 Å². The largest absolute Gasteiger partial charge is 0.300 e. The molecule has 0 saturated heterocycles. The molecule has 0 bridgehead atoms. The van der Waals surface area contributed by atoms with E-state index in [1.54, 1.807) is 6.92 Å². The molecule has 0 amide bonds. The highest BCUT2D eigenvalue weighted by molar-refractivity contribution is 9.08. The third-order valence-electron chi connectivity index (χ3n) is 1.70. The number of carbonyl (C=O) groups excluding carboxylic acids is 1. The van der Waals surface area contributed by atoms with Crippen LogP contribution in [0.25, 0.3) is 0 Å². The molecule has 1 nitrogen and oxygen atoms in total. The third kappa shape index (κ3) is 3.12. The summed E-state index contributed by atoms with van der Waals surface area (Å²) in [6.45, 7) is 1.57. The standard InChI is InChI=1S/C10H10BrClO/c1-7(13)4-9-5-8(6-11)2-3-10(9)12/h2-3,5H,4,6H2,1H3. The molecule has 0 saturated carbocycles. The summed E-state index contributed by atoms with van der Waals surface area (Å²) in [7, 11) is 0. The molecular weight excluding hydrogens is 251 g/mol. The monoisotopic (exact) mass is 260 g/mol. The van der Waals surface area contributed by atoms with E-state index < -0.39 is 0 Å². The van der Waals surface area contributed by atoms with Crippen LogP contribution in [0, 0.1) is 0 Å². The van der Waals surface area contributed by atoms with Crippen LogP contribution in [-0.2, 0) is 16.5 Å². The lowest BCUT2D eigenvalue weighted by atomic mass is 10.1. The van der Waals surface area contributed by atoms with E-state index in [1.807, 2.05) is 18.2 Å². The lowest BCUT2D eigenvalue weighted by Crippen LogP contribution is -1.97. The summed E-state index contributed by atoms with van der Waals surface area (Å²) in [5, 5.41) is 1.45. The number of hydrogen-bond donors (Lipinski definition) is 0. The van der Waals surface area contributed by atoms with Gasteiger partial charge in [-0.2, -0.15) is 0 Å². The van der Waals surface area contributed by atoms with Crippen molar-refractivity contribution in [2.24, 2.45) is 0 Å². The molecule has 0 heterocycles. The molecule has 0 radical (unpaired) electrons. The van der Waals surface area contributed by atoms with Crippen molar-refractivity contribution in [2.75, 3.05) is 0 Å².